The molecule has 0 bridgehead atoms. The van der Waals surface area contributed by atoms with Gasteiger partial charge in [0.25, 0.3) is 11.2 Å². The first-order chi connectivity index (χ1) is 14.4. The third-order valence-electron chi connectivity index (χ3n) is 5.82. The Bertz CT molecular complexity index is 1020. The van der Waals surface area contributed by atoms with Crippen molar-refractivity contribution in [3.05, 3.63) is 56.0 Å². The van der Waals surface area contributed by atoms with Gasteiger partial charge in [-0.15, -0.1) is 0 Å². The molecule has 2 aromatic rings. The number of carbonyl (C=O) groups is 1. The summed E-state index contributed by atoms with van der Waals surface area (Å²) in [5.41, 5.74) is 0.178. The van der Waals surface area contributed by atoms with Crippen LogP contribution in [0.4, 0.5) is 11.4 Å². The fourth-order valence-corrected chi connectivity index (χ4v) is 4.40. The first-order valence-electron chi connectivity index (χ1n) is 9.99. The van der Waals surface area contributed by atoms with Crippen LogP contribution in [0.5, 0.6) is 0 Å². The molecule has 1 aliphatic carbocycles. The van der Waals surface area contributed by atoms with Gasteiger partial charge in [0.05, 0.1) is 29.0 Å². The van der Waals surface area contributed by atoms with Gasteiger partial charge in [-0.2, -0.15) is 9.78 Å². The van der Waals surface area contributed by atoms with E-state index in [1.54, 1.807) is 4.90 Å². The van der Waals surface area contributed by atoms with Gasteiger partial charge in [0, 0.05) is 31.8 Å². The second-order valence-corrected chi connectivity index (χ2v) is 8.12. The van der Waals surface area contributed by atoms with E-state index in [0.29, 0.717) is 30.4 Å². The topological polar surface area (TPSA) is 102 Å². The van der Waals surface area contributed by atoms with Crippen LogP contribution < -0.4 is 10.5 Å². The number of amides is 1. The van der Waals surface area contributed by atoms with E-state index < -0.39 is 10.5 Å². The summed E-state index contributed by atoms with van der Waals surface area (Å²) in [4.78, 5) is 39.3. The van der Waals surface area contributed by atoms with Gasteiger partial charge in [-0.05, 0) is 30.9 Å². The quantitative estimate of drug-likeness (QED) is 0.532. The lowest BCUT2D eigenvalue weighted by Crippen LogP contribution is -2.52. The number of non-ortho nitro benzene ring substituents is 1. The summed E-state index contributed by atoms with van der Waals surface area (Å²) in [6.45, 7) is 2.15. The molecule has 2 aliphatic rings. The van der Waals surface area contributed by atoms with Crippen LogP contribution >= 0.6 is 11.6 Å². The number of piperazine rings is 1. The molecular weight excluding hydrogens is 410 g/mol. The highest BCUT2D eigenvalue weighted by atomic mass is 35.5. The Hall–Kier alpha value is -2.94. The standard InChI is InChI=1S/C20H22ClN5O4/c21-19-17(23-9-10-24(18(27)13-23)12-14-3-1-2-4-14)11-22-25(20(19)28)15-5-7-16(8-6-15)26(29)30/h5-8,11,14H,1-4,9-10,12-13H2. The number of aromatic nitrogens is 2. The van der Waals surface area contributed by atoms with Gasteiger partial charge in [0.2, 0.25) is 5.91 Å². The van der Waals surface area contributed by atoms with Crippen molar-refractivity contribution in [1.29, 1.82) is 0 Å². The molecule has 10 heteroatoms. The first kappa shape index (κ1) is 20.3. The highest BCUT2D eigenvalue weighted by Gasteiger charge is 2.29. The van der Waals surface area contributed by atoms with Gasteiger partial charge in [-0.25, -0.2) is 0 Å². The molecule has 4 rings (SSSR count). The normalized spacial score (nSPS) is 17.6. The number of benzene rings is 1. The summed E-state index contributed by atoms with van der Waals surface area (Å²) in [5, 5.41) is 14.9. The zero-order valence-corrected chi connectivity index (χ0v) is 17.1. The van der Waals surface area contributed by atoms with Gasteiger partial charge >= 0.3 is 0 Å². The summed E-state index contributed by atoms with van der Waals surface area (Å²) in [6, 6.07) is 5.47. The maximum absolute atomic E-state index is 12.7. The van der Waals surface area contributed by atoms with E-state index in [0.717, 1.165) is 11.2 Å². The van der Waals surface area contributed by atoms with Crippen LogP contribution in [0.3, 0.4) is 0 Å². The predicted octanol–water partition coefficient (Wildman–Crippen LogP) is 2.63. The molecule has 0 N–H and O–H groups in total. The molecule has 2 heterocycles. The Morgan fingerprint density at radius 2 is 1.83 bits per heavy atom. The number of nitro benzene ring substituents is 1. The van der Waals surface area contributed by atoms with Crippen molar-refractivity contribution < 1.29 is 9.72 Å². The maximum Gasteiger partial charge on any atom is 0.292 e. The van der Waals surface area contributed by atoms with Crippen molar-refractivity contribution in [3.63, 3.8) is 0 Å². The SMILES string of the molecule is O=C1CN(c2cnn(-c3ccc([N+](=O)[O-])cc3)c(=O)c2Cl)CCN1CC1CCCC1. The zero-order valence-electron chi connectivity index (χ0n) is 16.4. The van der Waals surface area contributed by atoms with Gasteiger partial charge in [-0.3, -0.25) is 19.7 Å². The molecule has 1 saturated carbocycles. The monoisotopic (exact) mass is 431 g/mol. The minimum absolute atomic E-state index is 0.0274. The lowest BCUT2D eigenvalue weighted by atomic mass is 10.1. The van der Waals surface area contributed by atoms with Crippen molar-refractivity contribution in [2.75, 3.05) is 31.1 Å². The summed E-state index contributed by atoms with van der Waals surface area (Å²) in [6.07, 6.45) is 6.32. The second kappa shape index (κ2) is 8.43. The fraction of sp³-hybridized carbons (Fsp3) is 0.450. The average molecular weight is 432 g/mol. The van der Waals surface area contributed by atoms with Crippen molar-refractivity contribution in [1.82, 2.24) is 14.7 Å². The number of halogens is 1. The van der Waals surface area contributed by atoms with Gasteiger partial charge < -0.3 is 9.80 Å². The summed E-state index contributed by atoms with van der Waals surface area (Å²) in [7, 11) is 0. The van der Waals surface area contributed by atoms with Crippen molar-refractivity contribution in [2.24, 2.45) is 5.92 Å². The molecule has 1 saturated heterocycles. The molecule has 0 unspecified atom stereocenters. The molecule has 1 aromatic carbocycles. The fourth-order valence-electron chi connectivity index (χ4n) is 4.16. The number of nitrogens with zero attached hydrogens (tertiary/aromatic N) is 5. The minimum Gasteiger partial charge on any atom is -0.358 e. The molecule has 1 aromatic heterocycles. The van der Waals surface area contributed by atoms with Crippen LogP contribution in [0.1, 0.15) is 25.7 Å². The molecule has 158 valence electrons. The Kier molecular flexibility index (Phi) is 5.72. The van der Waals surface area contributed by atoms with Gasteiger partial charge in [0.15, 0.2) is 0 Å². The Balaban J connectivity index is 1.50. The van der Waals surface area contributed by atoms with Crippen molar-refractivity contribution >= 4 is 28.9 Å². The van der Waals surface area contributed by atoms with Crippen molar-refractivity contribution in [2.45, 2.75) is 25.7 Å². The van der Waals surface area contributed by atoms with Crippen LogP contribution in [-0.2, 0) is 4.79 Å². The van der Waals surface area contributed by atoms with E-state index in [-0.39, 0.29) is 23.2 Å². The number of nitro groups is 1. The van der Waals surface area contributed by atoms with E-state index in [9.17, 15) is 19.7 Å². The number of hydrogen-bond donors (Lipinski definition) is 0. The third kappa shape index (κ3) is 4.02. The molecule has 2 fully saturated rings. The van der Waals surface area contributed by atoms with Crippen LogP contribution in [0.15, 0.2) is 35.3 Å². The zero-order chi connectivity index (χ0) is 21.3. The lowest BCUT2D eigenvalue weighted by Gasteiger charge is -2.36. The first-order valence-corrected chi connectivity index (χ1v) is 10.4. The highest BCUT2D eigenvalue weighted by Crippen LogP contribution is 2.27. The highest BCUT2D eigenvalue weighted by molar-refractivity contribution is 6.33. The Labute approximate surface area is 178 Å². The van der Waals surface area contributed by atoms with Crippen LogP contribution in [0.25, 0.3) is 5.69 Å². The summed E-state index contributed by atoms with van der Waals surface area (Å²) >= 11 is 6.34. The summed E-state index contributed by atoms with van der Waals surface area (Å²) < 4.78 is 1.09. The average Bonchev–Trinajstić information content (AvgIpc) is 3.25. The van der Waals surface area contributed by atoms with E-state index in [1.807, 2.05) is 4.90 Å². The molecule has 0 radical (unpaired) electrons. The number of carbonyl (C=O) groups excluding carboxylic acids is 1. The van der Waals surface area contributed by atoms with E-state index in [4.69, 9.17) is 11.6 Å². The maximum atomic E-state index is 12.7. The number of anilines is 1. The smallest absolute Gasteiger partial charge is 0.292 e. The molecule has 1 aliphatic heterocycles. The van der Waals surface area contributed by atoms with E-state index in [1.165, 1.54) is 56.1 Å². The third-order valence-corrected chi connectivity index (χ3v) is 6.17. The van der Waals surface area contributed by atoms with E-state index >= 15 is 0 Å². The van der Waals surface area contributed by atoms with Crippen molar-refractivity contribution in [3.8, 4) is 5.69 Å². The number of rotatable bonds is 5. The lowest BCUT2D eigenvalue weighted by molar-refractivity contribution is -0.384. The molecule has 0 atom stereocenters. The molecule has 0 spiro atoms. The van der Waals surface area contributed by atoms with Crippen LogP contribution in [-0.4, -0.2) is 51.7 Å². The summed E-state index contributed by atoms with van der Waals surface area (Å²) in [5.74, 6) is 0.625. The molecule has 1 amide bonds. The molecular formula is C20H22ClN5O4. The number of hydrogen-bond acceptors (Lipinski definition) is 6. The Morgan fingerprint density at radius 3 is 2.47 bits per heavy atom. The molecule has 30 heavy (non-hydrogen) atoms. The van der Waals surface area contributed by atoms with Crippen LogP contribution in [0.2, 0.25) is 5.02 Å². The second-order valence-electron chi connectivity index (χ2n) is 7.75. The largest absolute Gasteiger partial charge is 0.358 e. The van der Waals surface area contributed by atoms with Gasteiger partial charge in [0.1, 0.15) is 5.02 Å². The Morgan fingerprint density at radius 1 is 1.13 bits per heavy atom. The predicted molar refractivity (Wildman–Crippen MR) is 112 cm³/mol. The van der Waals surface area contributed by atoms with Gasteiger partial charge in [-0.1, -0.05) is 24.4 Å². The van der Waals surface area contributed by atoms with Crippen LogP contribution in [0, 0.1) is 16.0 Å². The minimum atomic E-state index is -0.538. The van der Waals surface area contributed by atoms with E-state index in [2.05, 4.69) is 5.10 Å². The molecule has 9 nitrogen and oxygen atoms in total.